The molecular weight excluding hydrogens is 356 g/mol. The van der Waals surface area contributed by atoms with Crippen LogP contribution in [0.4, 0.5) is 0 Å². The van der Waals surface area contributed by atoms with Crippen molar-refractivity contribution in [2.75, 3.05) is 7.11 Å². The molecule has 6 nitrogen and oxygen atoms in total. The van der Waals surface area contributed by atoms with Crippen LogP contribution in [0.25, 0.3) is 5.69 Å². The highest BCUT2D eigenvalue weighted by molar-refractivity contribution is 6.11. The third-order valence-corrected chi connectivity index (χ3v) is 4.53. The summed E-state index contributed by atoms with van der Waals surface area (Å²) in [7, 11) is 1.45. The van der Waals surface area contributed by atoms with Crippen LogP contribution in [-0.2, 0) is 0 Å². The first-order chi connectivity index (χ1) is 13.4. The van der Waals surface area contributed by atoms with Crippen LogP contribution in [0.1, 0.15) is 32.6 Å². The van der Waals surface area contributed by atoms with Crippen molar-refractivity contribution in [3.05, 3.63) is 86.8 Å². The van der Waals surface area contributed by atoms with Crippen molar-refractivity contribution in [1.82, 2.24) is 4.57 Å². The zero-order valence-corrected chi connectivity index (χ0v) is 15.7. The molecule has 0 aliphatic carbocycles. The molecule has 0 saturated carbocycles. The number of nitrogens with zero attached hydrogens (tertiary/aromatic N) is 2. The number of ketones is 1. The summed E-state index contributed by atoms with van der Waals surface area (Å²) in [6, 6.07) is 13.0. The zero-order chi connectivity index (χ0) is 20.4. The predicted molar refractivity (Wildman–Crippen MR) is 104 cm³/mol. The van der Waals surface area contributed by atoms with Gasteiger partial charge in [0.15, 0.2) is 5.78 Å². The van der Waals surface area contributed by atoms with Crippen molar-refractivity contribution in [3.63, 3.8) is 0 Å². The van der Waals surface area contributed by atoms with Gasteiger partial charge >= 0.3 is 0 Å². The Labute approximate surface area is 161 Å². The molecule has 0 spiro atoms. The van der Waals surface area contributed by atoms with Gasteiger partial charge in [-0.2, -0.15) is 5.26 Å². The summed E-state index contributed by atoms with van der Waals surface area (Å²) in [5.74, 6) is -0.327. The SMILES string of the molecule is COc1ccc(O)c(C(=O)c2cc(C#N)c(=O)n(-c3c(C)cccc3C)c2)c1. The lowest BCUT2D eigenvalue weighted by Crippen LogP contribution is -2.24. The number of benzene rings is 2. The van der Waals surface area contributed by atoms with E-state index < -0.39 is 11.3 Å². The summed E-state index contributed by atoms with van der Waals surface area (Å²) in [4.78, 5) is 25.8. The second kappa shape index (κ2) is 7.41. The van der Waals surface area contributed by atoms with Crippen LogP contribution >= 0.6 is 0 Å². The fourth-order valence-corrected chi connectivity index (χ4v) is 3.12. The number of phenols is 1. The molecule has 0 atom stereocenters. The average molecular weight is 374 g/mol. The molecule has 0 unspecified atom stereocenters. The molecule has 1 N–H and O–H groups in total. The molecule has 1 aromatic heterocycles. The lowest BCUT2D eigenvalue weighted by Gasteiger charge is -2.14. The molecule has 0 aliphatic rings. The maximum Gasteiger partial charge on any atom is 0.273 e. The molecule has 0 saturated heterocycles. The maximum atomic E-state index is 13.0. The Hall–Kier alpha value is -3.85. The van der Waals surface area contributed by atoms with Crippen LogP contribution in [0.15, 0.2) is 53.5 Å². The highest BCUT2D eigenvalue weighted by Gasteiger charge is 2.19. The standard InChI is InChI=1S/C22H18N2O4/c1-13-5-4-6-14(2)20(13)24-12-16(9-15(11-23)22(24)27)21(26)18-10-17(28-3)7-8-19(18)25/h4-10,12,25H,1-3H3. The van der Waals surface area contributed by atoms with E-state index in [0.717, 1.165) is 11.1 Å². The fraction of sp³-hybridized carbons (Fsp3) is 0.136. The van der Waals surface area contributed by atoms with E-state index in [9.17, 15) is 20.0 Å². The third-order valence-electron chi connectivity index (χ3n) is 4.53. The Morgan fingerprint density at radius 1 is 1.14 bits per heavy atom. The monoisotopic (exact) mass is 374 g/mol. The number of carbonyl (C=O) groups is 1. The van der Waals surface area contributed by atoms with E-state index in [1.165, 1.54) is 42.1 Å². The van der Waals surface area contributed by atoms with Crippen molar-refractivity contribution < 1.29 is 14.6 Å². The van der Waals surface area contributed by atoms with Gasteiger partial charge in [-0.05, 0) is 49.2 Å². The molecule has 0 fully saturated rings. The molecule has 0 amide bonds. The van der Waals surface area contributed by atoms with Gasteiger partial charge in [-0.25, -0.2) is 0 Å². The number of aromatic nitrogens is 1. The number of phenolic OH excluding ortho intramolecular Hbond substituents is 1. The van der Waals surface area contributed by atoms with Crippen molar-refractivity contribution in [1.29, 1.82) is 5.26 Å². The number of pyridine rings is 1. The van der Waals surface area contributed by atoms with Crippen LogP contribution in [0.5, 0.6) is 11.5 Å². The fourth-order valence-electron chi connectivity index (χ4n) is 3.12. The minimum atomic E-state index is -0.520. The first kappa shape index (κ1) is 18.9. The van der Waals surface area contributed by atoms with E-state index in [0.29, 0.717) is 11.4 Å². The molecule has 3 aromatic rings. The molecule has 1 heterocycles. The van der Waals surface area contributed by atoms with E-state index in [1.807, 2.05) is 38.1 Å². The van der Waals surface area contributed by atoms with Crippen molar-refractivity contribution in [3.8, 4) is 23.3 Å². The van der Waals surface area contributed by atoms with Crippen LogP contribution in [0, 0.1) is 25.2 Å². The number of rotatable bonds is 4. The summed E-state index contributed by atoms with van der Waals surface area (Å²) >= 11 is 0. The molecule has 0 radical (unpaired) electrons. The Morgan fingerprint density at radius 2 is 1.82 bits per heavy atom. The van der Waals surface area contributed by atoms with Gasteiger partial charge in [0.1, 0.15) is 23.1 Å². The number of nitriles is 1. The highest BCUT2D eigenvalue weighted by Crippen LogP contribution is 2.26. The minimum Gasteiger partial charge on any atom is -0.507 e. The van der Waals surface area contributed by atoms with Gasteiger partial charge in [-0.15, -0.1) is 0 Å². The summed E-state index contributed by atoms with van der Waals surface area (Å²) < 4.78 is 6.43. The second-order valence-corrected chi connectivity index (χ2v) is 6.38. The summed E-state index contributed by atoms with van der Waals surface area (Å²) in [5, 5.41) is 19.5. The highest BCUT2D eigenvalue weighted by atomic mass is 16.5. The van der Waals surface area contributed by atoms with Gasteiger partial charge in [0.2, 0.25) is 0 Å². The summed E-state index contributed by atoms with van der Waals surface area (Å²) in [6.07, 6.45) is 1.40. The molecule has 3 rings (SSSR count). The van der Waals surface area contributed by atoms with Gasteiger partial charge in [0, 0.05) is 11.8 Å². The first-order valence-electron chi connectivity index (χ1n) is 8.52. The maximum absolute atomic E-state index is 13.0. The number of para-hydroxylation sites is 1. The quantitative estimate of drug-likeness (QED) is 0.708. The number of aromatic hydroxyl groups is 1. The number of hydrogen-bond acceptors (Lipinski definition) is 5. The van der Waals surface area contributed by atoms with E-state index in [1.54, 1.807) is 0 Å². The summed E-state index contributed by atoms with van der Waals surface area (Å²) in [5.41, 5.74) is 1.76. The lowest BCUT2D eigenvalue weighted by atomic mass is 10.0. The Morgan fingerprint density at radius 3 is 2.43 bits per heavy atom. The zero-order valence-electron chi connectivity index (χ0n) is 15.7. The molecule has 28 heavy (non-hydrogen) atoms. The van der Waals surface area contributed by atoms with Gasteiger partial charge < -0.3 is 9.84 Å². The lowest BCUT2D eigenvalue weighted by molar-refractivity contribution is 0.103. The Kier molecular flexibility index (Phi) is 5.01. The number of methoxy groups -OCH3 is 1. The Bertz CT molecular complexity index is 1170. The van der Waals surface area contributed by atoms with E-state index in [-0.39, 0.29) is 22.4 Å². The molecule has 0 bridgehead atoms. The van der Waals surface area contributed by atoms with Gasteiger partial charge in [0.05, 0.1) is 18.4 Å². The second-order valence-electron chi connectivity index (χ2n) is 6.38. The molecular formula is C22H18N2O4. The van der Waals surface area contributed by atoms with Crippen molar-refractivity contribution in [2.24, 2.45) is 0 Å². The topological polar surface area (TPSA) is 92.3 Å². The first-order valence-corrected chi connectivity index (χ1v) is 8.52. The normalized spacial score (nSPS) is 10.4. The average Bonchev–Trinajstić information content (AvgIpc) is 2.69. The van der Waals surface area contributed by atoms with Gasteiger partial charge in [0.25, 0.3) is 5.56 Å². The number of carbonyl (C=O) groups excluding carboxylic acids is 1. The largest absolute Gasteiger partial charge is 0.507 e. The van der Waals surface area contributed by atoms with Gasteiger partial charge in [-0.1, -0.05) is 18.2 Å². The molecule has 140 valence electrons. The van der Waals surface area contributed by atoms with Crippen LogP contribution in [0.3, 0.4) is 0 Å². The Balaban J connectivity index is 2.26. The van der Waals surface area contributed by atoms with E-state index >= 15 is 0 Å². The van der Waals surface area contributed by atoms with Crippen LogP contribution in [-0.4, -0.2) is 22.6 Å². The molecule has 6 heteroatoms. The molecule has 0 aliphatic heterocycles. The smallest absolute Gasteiger partial charge is 0.273 e. The van der Waals surface area contributed by atoms with Crippen molar-refractivity contribution >= 4 is 5.78 Å². The molecule has 2 aromatic carbocycles. The van der Waals surface area contributed by atoms with E-state index in [4.69, 9.17) is 4.74 Å². The minimum absolute atomic E-state index is 0.0231. The number of ether oxygens (including phenoxy) is 1. The van der Waals surface area contributed by atoms with Crippen LogP contribution < -0.4 is 10.3 Å². The third kappa shape index (κ3) is 3.26. The van der Waals surface area contributed by atoms with Crippen LogP contribution in [0.2, 0.25) is 0 Å². The summed E-state index contributed by atoms with van der Waals surface area (Å²) in [6.45, 7) is 3.70. The van der Waals surface area contributed by atoms with Crippen molar-refractivity contribution in [2.45, 2.75) is 13.8 Å². The van der Waals surface area contributed by atoms with Gasteiger partial charge in [-0.3, -0.25) is 14.2 Å². The van der Waals surface area contributed by atoms with E-state index in [2.05, 4.69) is 0 Å². The number of aryl methyl sites for hydroxylation is 2. The predicted octanol–water partition coefficient (Wildman–Crippen LogP) is 3.27. The number of hydrogen-bond donors (Lipinski definition) is 1.